The number of ether oxygens (including phenoxy) is 2. The molecule has 1 aliphatic carbocycles. The quantitative estimate of drug-likeness (QED) is 0.106. The maximum absolute atomic E-state index is 12.5. The Morgan fingerprint density at radius 2 is 1.95 bits per heavy atom. The molecule has 5 heteroatoms. The number of aryl methyl sites for hydroxylation is 1. The number of hydrogen-bond donors (Lipinski definition) is 0. The third-order valence-corrected chi connectivity index (χ3v) is 12.5. The van der Waals surface area contributed by atoms with Crippen molar-refractivity contribution in [2.45, 2.75) is 97.1 Å². The Hall–Kier alpha value is -2.11. The van der Waals surface area contributed by atoms with Crippen molar-refractivity contribution < 1.29 is 18.7 Å². The number of esters is 1. The number of benzene rings is 1. The molecule has 0 aromatic heterocycles. The Labute approximate surface area is 227 Å². The molecule has 0 amide bonds. The molecule has 0 aliphatic heterocycles. The fraction of sp³-hybridized carbons (Fsp3) is 0.594. The van der Waals surface area contributed by atoms with Crippen LogP contribution >= 0.6 is 0 Å². The fourth-order valence-corrected chi connectivity index (χ4v) is 6.03. The topological polar surface area (TPSA) is 44.8 Å². The highest BCUT2D eigenvalue weighted by Gasteiger charge is 2.42. The molecule has 2 rings (SSSR count). The van der Waals surface area contributed by atoms with Crippen molar-refractivity contribution >= 4 is 14.3 Å². The first kappa shape index (κ1) is 31.1. The number of unbranched alkanes of at least 4 members (excludes halogenated alkanes) is 1. The Morgan fingerprint density at radius 1 is 1.22 bits per heavy atom. The van der Waals surface area contributed by atoms with Crippen LogP contribution < -0.4 is 4.74 Å². The predicted molar refractivity (Wildman–Crippen MR) is 157 cm³/mol. The monoisotopic (exact) mass is 526 g/mol. The van der Waals surface area contributed by atoms with Crippen LogP contribution in [0.2, 0.25) is 18.1 Å². The third-order valence-electron chi connectivity index (χ3n) is 7.95. The van der Waals surface area contributed by atoms with E-state index in [0.29, 0.717) is 18.9 Å². The maximum Gasteiger partial charge on any atom is 0.306 e. The molecule has 1 aromatic rings. The Bertz CT molecular complexity index is 914. The number of allylic oxidation sites excluding steroid dienone is 3. The molecule has 0 bridgehead atoms. The molecule has 1 aromatic carbocycles. The van der Waals surface area contributed by atoms with Crippen molar-refractivity contribution in [2.24, 2.45) is 17.8 Å². The van der Waals surface area contributed by atoms with E-state index in [9.17, 15) is 4.79 Å². The van der Waals surface area contributed by atoms with Crippen LogP contribution in [0.5, 0.6) is 5.75 Å². The SMILES string of the molecule is C=CCCCC(=O)O[C@H]1C[C@@H](C)[C@H](/C=C/[C@H](COc2cccc(C)c2)O[Si](C)(C)C(C)(C)C)[C@H]1CC=C. The van der Waals surface area contributed by atoms with Crippen LogP contribution in [0.25, 0.3) is 0 Å². The van der Waals surface area contributed by atoms with Gasteiger partial charge < -0.3 is 13.9 Å². The van der Waals surface area contributed by atoms with E-state index in [1.807, 2.05) is 24.3 Å². The minimum absolute atomic E-state index is 0.0813. The summed E-state index contributed by atoms with van der Waals surface area (Å²) >= 11 is 0. The first-order valence-corrected chi connectivity index (χ1v) is 16.8. The zero-order valence-corrected chi connectivity index (χ0v) is 25.3. The molecule has 0 spiro atoms. The van der Waals surface area contributed by atoms with E-state index in [2.05, 4.69) is 85.2 Å². The van der Waals surface area contributed by atoms with Crippen LogP contribution in [0.4, 0.5) is 0 Å². The van der Waals surface area contributed by atoms with Crippen LogP contribution in [-0.2, 0) is 14.0 Å². The maximum atomic E-state index is 12.5. The largest absolute Gasteiger partial charge is 0.491 e. The summed E-state index contributed by atoms with van der Waals surface area (Å²) in [4.78, 5) is 12.5. The van der Waals surface area contributed by atoms with Gasteiger partial charge in [-0.05, 0) is 80.3 Å². The summed E-state index contributed by atoms with van der Waals surface area (Å²) in [5.74, 6) is 1.66. The van der Waals surface area contributed by atoms with E-state index in [1.54, 1.807) is 0 Å². The van der Waals surface area contributed by atoms with Crippen molar-refractivity contribution in [2.75, 3.05) is 6.61 Å². The molecule has 1 fully saturated rings. The second kappa shape index (κ2) is 14.2. The van der Waals surface area contributed by atoms with Gasteiger partial charge in [0, 0.05) is 12.3 Å². The van der Waals surface area contributed by atoms with E-state index in [0.717, 1.165) is 31.4 Å². The average molecular weight is 527 g/mol. The lowest BCUT2D eigenvalue weighted by atomic mass is 9.87. The van der Waals surface area contributed by atoms with Gasteiger partial charge in [0.15, 0.2) is 8.32 Å². The van der Waals surface area contributed by atoms with Crippen LogP contribution in [0.15, 0.2) is 61.7 Å². The molecule has 4 nitrogen and oxygen atoms in total. The molecule has 0 radical (unpaired) electrons. The van der Waals surface area contributed by atoms with Gasteiger partial charge in [0.25, 0.3) is 0 Å². The minimum atomic E-state index is -2.02. The van der Waals surface area contributed by atoms with Crippen LogP contribution in [0.3, 0.4) is 0 Å². The first-order valence-electron chi connectivity index (χ1n) is 13.8. The number of rotatable bonds is 14. The Kier molecular flexibility index (Phi) is 11.9. The fourth-order valence-electron chi connectivity index (χ4n) is 4.78. The van der Waals surface area contributed by atoms with Gasteiger partial charge in [-0.3, -0.25) is 4.79 Å². The summed E-state index contributed by atoms with van der Waals surface area (Å²) in [6.45, 7) is 23.8. The van der Waals surface area contributed by atoms with Gasteiger partial charge in [-0.2, -0.15) is 0 Å². The summed E-state index contributed by atoms with van der Waals surface area (Å²) in [7, 11) is -2.02. The van der Waals surface area contributed by atoms with Crippen molar-refractivity contribution in [3.05, 3.63) is 67.3 Å². The molecule has 5 atom stereocenters. The standard InChI is InChI=1S/C32H50O4Si/c1-10-12-13-18-31(33)35-30-22-25(4)28(29(30)15-11-2)20-19-27(36-37(8,9)32(5,6)7)23-34-26-17-14-16-24(3)21-26/h10-11,14,16-17,19-21,25,27-30H,1-2,12-13,15,18,22-23H2,3-9H3/b20-19+/t25-,27-,28+,29-,30+/m1/s1. The van der Waals surface area contributed by atoms with E-state index in [4.69, 9.17) is 13.9 Å². The smallest absolute Gasteiger partial charge is 0.306 e. The Balaban J connectivity index is 2.19. The summed E-state index contributed by atoms with van der Waals surface area (Å²) in [6.07, 6.45) is 11.8. The van der Waals surface area contributed by atoms with Gasteiger partial charge in [0.1, 0.15) is 18.5 Å². The summed E-state index contributed by atoms with van der Waals surface area (Å²) < 4.78 is 19.0. The highest BCUT2D eigenvalue weighted by molar-refractivity contribution is 6.74. The first-order chi connectivity index (χ1) is 17.4. The van der Waals surface area contributed by atoms with Crippen LogP contribution in [0.1, 0.15) is 65.4 Å². The second-order valence-corrected chi connectivity index (χ2v) is 16.9. The van der Waals surface area contributed by atoms with Crippen molar-refractivity contribution in [3.8, 4) is 5.75 Å². The van der Waals surface area contributed by atoms with Gasteiger partial charge in [0.2, 0.25) is 0 Å². The molecule has 206 valence electrons. The number of carbonyl (C=O) groups is 1. The van der Waals surface area contributed by atoms with Gasteiger partial charge in [-0.1, -0.05) is 64.1 Å². The molecule has 0 saturated heterocycles. The van der Waals surface area contributed by atoms with Crippen molar-refractivity contribution in [1.29, 1.82) is 0 Å². The minimum Gasteiger partial charge on any atom is -0.491 e. The molecule has 37 heavy (non-hydrogen) atoms. The van der Waals surface area contributed by atoms with Gasteiger partial charge >= 0.3 is 5.97 Å². The number of carbonyl (C=O) groups excluding carboxylic acids is 1. The van der Waals surface area contributed by atoms with Crippen LogP contribution in [0, 0.1) is 24.7 Å². The molecule has 1 aliphatic rings. The lowest BCUT2D eigenvalue weighted by Gasteiger charge is -2.38. The molecule has 0 N–H and O–H groups in total. The highest BCUT2D eigenvalue weighted by Crippen LogP contribution is 2.43. The van der Waals surface area contributed by atoms with Crippen molar-refractivity contribution in [1.82, 2.24) is 0 Å². The molecule has 1 saturated carbocycles. The van der Waals surface area contributed by atoms with Crippen LogP contribution in [-0.4, -0.2) is 33.1 Å². The zero-order valence-electron chi connectivity index (χ0n) is 24.3. The second-order valence-electron chi connectivity index (χ2n) is 12.1. The lowest BCUT2D eigenvalue weighted by molar-refractivity contribution is -0.151. The summed E-state index contributed by atoms with van der Waals surface area (Å²) in [6, 6.07) is 8.14. The third kappa shape index (κ3) is 9.61. The van der Waals surface area contributed by atoms with E-state index in [1.165, 1.54) is 5.56 Å². The zero-order chi connectivity index (χ0) is 27.6. The lowest BCUT2D eigenvalue weighted by Crippen LogP contribution is -2.45. The van der Waals surface area contributed by atoms with Crippen molar-refractivity contribution in [3.63, 3.8) is 0 Å². The molecule has 0 unspecified atom stereocenters. The van der Waals surface area contributed by atoms with E-state index >= 15 is 0 Å². The van der Waals surface area contributed by atoms with Gasteiger partial charge in [0.05, 0.1) is 6.10 Å². The summed E-state index contributed by atoms with van der Waals surface area (Å²) in [5.41, 5.74) is 1.17. The number of hydrogen-bond acceptors (Lipinski definition) is 4. The van der Waals surface area contributed by atoms with Gasteiger partial charge in [-0.15, -0.1) is 13.2 Å². The Morgan fingerprint density at radius 3 is 2.57 bits per heavy atom. The summed E-state index contributed by atoms with van der Waals surface area (Å²) in [5, 5.41) is 0.0966. The van der Waals surface area contributed by atoms with E-state index in [-0.39, 0.29) is 35.1 Å². The predicted octanol–water partition coefficient (Wildman–Crippen LogP) is 8.44. The van der Waals surface area contributed by atoms with E-state index < -0.39 is 8.32 Å². The molecular formula is C32H50O4Si. The van der Waals surface area contributed by atoms with Gasteiger partial charge in [-0.25, -0.2) is 0 Å². The normalized spacial score (nSPS) is 23.1. The highest BCUT2D eigenvalue weighted by atomic mass is 28.4. The molecular weight excluding hydrogens is 476 g/mol. The molecule has 0 heterocycles. The average Bonchev–Trinajstić information content (AvgIpc) is 3.09.